The topological polar surface area (TPSA) is 39.8 Å². The molecule has 89 valence electrons. The third-order valence-electron chi connectivity index (χ3n) is 1.11. The number of hydrogen-bond donors (Lipinski definition) is 0. The van der Waals surface area contributed by atoms with Crippen molar-refractivity contribution in [3.8, 4) is 0 Å². The average Bonchev–Trinajstić information content (AvgIpc) is 3.01. The summed E-state index contributed by atoms with van der Waals surface area (Å²) in [4.78, 5) is 0. The maximum Gasteiger partial charge on any atom is 0 e. The van der Waals surface area contributed by atoms with Crippen LogP contribution in [-0.4, -0.2) is 29.6 Å². The van der Waals surface area contributed by atoms with Crippen molar-refractivity contribution in [3.63, 3.8) is 0 Å². The Morgan fingerprint density at radius 3 is 0.529 bits per heavy atom. The molecular weight excluding hydrogens is 317 g/mol. The van der Waals surface area contributed by atoms with Crippen molar-refractivity contribution >= 4 is 29.6 Å². The Labute approximate surface area is 149 Å². The van der Waals surface area contributed by atoms with Gasteiger partial charge in [0.2, 0.25) is 0 Å². The van der Waals surface area contributed by atoms with Gasteiger partial charge in [-0.25, -0.2) is 0 Å². The normalized spacial score (nSPS) is 14.4. The molecule has 13 radical (unpaired) electrons. The Morgan fingerprint density at radius 2 is 0.471 bits per heavy atom. The molecule has 2 aliphatic rings. The van der Waals surface area contributed by atoms with Crippen molar-refractivity contribution in [1.82, 2.24) is 0 Å². The molecule has 2 aliphatic carbocycles. The molecule has 0 spiro atoms. The van der Waals surface area contributed by atoms with Gasteiger partial charge in [0, 0.05) is 63.1 Å². The standard InChI is InChI=1S/2C5H5.2CO.2Co.Na/c2*1-2-4-5-3-1;2*1-2;;;/h2*1-5H;;;;;. The summed E-state index contributed by atoms with van der Waals surface area (Å²) in [6.07, 6.45) is 20.0. The summed E-state index contributed by atoms with van der Waals surface area (Å²) in [5, 5.41) is 0. The molecule has 0 aromatic carbocycles. The van der Waals surface area contributed by atoms with E-state index in [1.54, 1.807) is 0 Å². The van der Waals surface area contributed by atoms with E-state index in [1.807, 2.05) is 64.2 Å². The Hall–Kier alpha value is 1.49. The zero-order chi connectivity index (χ0) is 11.1. The van der Waals surface area contributed by atoms with E-state index in [0.717, 1.165) is 0 Å². The third kappa shape index (κ3) is 31.8. The smallest absolute Gasteiger partial charge is 0 e. The first kappa shape index (κ1) is 31.1. The minimum Gasteiger partial charge on any atom is -0.0312 e. The molecule has 5 heteroatoms. The number of rotatable bonds is 0. The summed E-state index contributed by atoms with van der Waals surface area (Å²) < 4.78 is 15.0. The first-order valence-electron chi connectivity index (χ1n) is 3.74. The summed E-state index contributed by atoms with van der Waals surface area (Å²) in [7, 11) is 0. The van der Waals surface area contributed by atoms with Crippen molar-refractivity contribution in [1.29, 1.82) is 0 Å². The quantitative estimate of drug-likeness (QED) is 0.368. The van der Waals surface area contributed by atoms with Crippen LogP contribution in [0.1, 0.15) is 0 Å². The predicted molar refractivity (Wildman–Crippen MR) is 56.6 cm³/mol. The summed E-state index contributed by atoms with van der Waals surface area (Å²) >= 11 is 0. The largest absolute Gasteiger partial charge is 0.0312 e. The fourth-order valence-corrected chi connectivity index (χ4v) is 0.642. The van der Waals surface area contributed by atoms with E-state index in [9.17, 15) is 0 Å². The first-order chi connectivity index (χ1) is 7.00. The van der Waals surface area contributed by atoms with Crippen molar-refractivity contribution in [2.45, 2.75) is 0 Å². The van der Waals surface area contributed by atoms with Gasteiger partial charge in [-0.1, -0.05) is 0 Å². The molecule has 17 heavy (non-hydrogen) atoms. The van der Waals surface area contributed by atoms with Crippen LogP contribution >= 0.6 is 0 Å². The Bertz CT molecular complexity index is 102. The zero-order valence-corrected chi connectivity index (χ0v) is 13.3. The zero-order valence-electron chi connectivity index (χ0n) is 9.26. The van der Waals surface area contributed by atoms with Gasteiger partial charge in [0.25, 0.3) is 0 Å². The van der Waals surface area contributed by atoms with Crippen LogP contribution in [0.5, 0.6) is 0 Å². The average molecular weight is 327 g/mol. The molecule has 0 aliphatic heterocycles. The Balaban J connectivity index is -0.0000000387. The second kappa shape index (κ2) is 36.0. The Morgan fingerprint density at radius 1 is 0.412 bits per heavy atom. The van der Waals surface area contributed by atoms with Crippen molar-refractivity contribution in [2.24, 2.45) is 0 Å². The molecule has 2 saturated carbocycles. The maximum atomic E-state index is 7.50. The van der Waals surface area contributed by atoms with E-state index in [0.29, 0.717) is 0 Å². The molecule has 0 bridgehead atoms. The van der Waals surface area contributed by atoms with E-state index in [2.05, 4.69) is 13.3 Å². The maximum absolute atomic E-state index is 7.50. The van der Waals surface area contributed by atoms with E-state index in [-0.39, 0.29) is 63.1 Å². The second-order valence-corrected chi connectivity index (χ2v) is 1.92. The Kier molecular flexibility index (Phi) is 65.9. The van der Waals surface area contributed by atoms with Crippen molar-refractivity contribution < 1.29 is 42.9 Å². The molecule has 0 N–H and O–H groups in total. The van der Waals surface area contributed by atoms with Crippen molar-refractivity contribution in [3.05, 3.63) is 77.5 Å². The van der Waals surface area contributed by atoms with Gasteiger partial charge < -0.3 is 0 Å². The van der Waals surface area contributed by atoms with E-state index < -0.39 is 0 Å². The van der Waals surface area contributed by atoms with Gasteiger partial charge in [0.1, 0.15) is 0 Å². The minimum absolute atomic E-state index is 0. The van der Waals surface area contributed by atoms with Gasteiger partial charge in [-0.3, -0.25) is 0 Å². The first-order valence-corrected chi connectivity index (χ1v) is 3.74. The van der Waals surface area contributed by atoms with Gasteiger partial charge in [-0.05, 0) is 64.2 Å². The fraction of sp³-hybridized carbons (Fsp3) is 0. The summed E-state index contributed by atoms with van der Waals surface area (Å²) in [6, 6.07) is 0. The summed E-state index contributed by atoms with van der Waals surface area (Å²) in [6.45, 7) is 9.00. The molecule has 0 aromatic heterocycles. The predicted octanol–water partition coefficient (Wildman–Crippen LogP) is 1.58. The second-order valence-electron chi connectivity index (χ2n) is 1.92. The summed E-state index contributed by atoms with van der Waals surface area (Å²) in [5.74, 6) is 0. The molecule has 2 rings (SSSR count). The monoisotopic (exact) mass is 327 g/mol. The third-order valence-corrected chi connectivity index (χ3v) is 1.11. The summed E-state index contributed by atoms with van der Waals surface area (Å²) in [5.41, 5.74) is 0. The van der Waals surface area contributed by atoms with E-state index in [1.165, 1.54) is 0 Å². The van der Waals surface area contributed by atoms with E-state index >= 15 is 0 Å². The molecule has 0 saturated heterocycles. The van der Waals surface area contributed by atoms with Gasteiger partial charge in [0.05, 0.1) is 0 Å². The van der Waals surface area contributed by atoms with Crippen molar-refractivity contribution in [2.75, 3.05) is 0 Å². The molecule has 0 unspecified atom stereocenters. The van der Waals surface area contributed by atoms with Gasteiger partial charge in [-0.2, -0.15) is 0 Å². The van der Waals surface area contributed by atoms with Crippen LogP contribution in [-0.2, 0) is 42.9 Å². The van der Waals surface area contributed by atoms with Gasteiger partial charge in [-0.15, -0.1) is 0 Å². The molecule has 2 fully saturated rings. The van der Waals surface area contributed by atoms with Crippen LogP contribution in [0.15, 0.2) is 0 Å². The van der Waals surface area contributed by atoms with E-state index in [4.69, 9.17) is 9.30 Å². The van der Waals surface area contributed by atoms with Crippen LogP contribution in [0.4, 0.5) is 0 Å². The van der Waals surface area contributed by atoms with Gasteiger partial charge >= 0.3 is 22.6 Å². The molecule has 0 atom stereocenters. The van der Waals surface area contributed by atoms with Crippen LogP contribution < -0.4 is 0 Å². The molecule has 0 heterocycles. The van der Waals surface area contributed by atoms with Crippen LogP contribution in [0, 0.1) is 77.5 Å². The van der Waals surface area contributed by atoms with Crippen LogP contribution in [0.3, 0.4) is 0 Å². The SMILES string of the molecule is [C-]#[O+].[C-]#[O+].[CH]1[CH][CH][CH][CH]1.[CH]1[CH][CH][CH][CH]1.[Co].[Co].[Na]. The molecule has 0 amide bonds. The molecule has 2 nitrogen and oxygen atoms in total. The van der Waals surface area contributed by atoms with Gasteiger partial charge in [0.15, 0.2) is 0 Å². The molecule has 0 aromatic rings. The minimum atomic E-state index is 0. The van der Waals surface area contributed by atoms with Crippen LogP contribution in [0.25, 0.3) is 0 Å². The number of hydrogen-bond acceptors (Lipinski definition) is 0. The molecular formula is C12H10Co2NaO2. The van der Waals surface area contributed by atoms with Crippen LogP contribution in [0.2, 0.25) is 0 Å². The fourth-order valence-electron chi connectivity index (χ4n) is 0.642.